The number of benzene rings is 3. The molecule has 5 aromatic rings. The molecule has 3 N–H and O–H groups in total. The molecule has 0 bridgehead atoms. The summed E-state index contributed by atoms with van der Waals surface area (Å²) in [5.74, 6) is -1.72. The van der Waals surface area contributed by atoms with E-state index < -0.39 is 5.92 Å². The largest absolute Gasteiger partial charge is 0.490 e. The number of hydrogen-bond donors (Lipinski definition) is 2. The molecule has 44 heavy (non-hydrogen) atoms. The molecule has 3 aromatic carbocycles. The van der Waals surface area contributed by atoms with Gasteiger partial charge in [-0.05, 0) is 78.1 Å². The fraction of sp³-hybridized carbons (Fsp3) is 0.200. The molecule has 2 aromatic heterocycles. The molecule has 9 heteroatoms. The van der Waals surface area contributed by atoms with E-state index in [2.05, 4.69) is 10.3 Å². The van der Waals surface area contributed by atoms with Crippen molar-refractivity contribution in [3.05, 3.63) is 108 Å². The van der Waals surface area contributed by atoms with E-state index in [-0.39, 0.29) is 37.2 Å². The number of alkyl halides is 2. The number of fused-ring (bicyclic) bond motifs is 1. The van der Waals surface area contributed by atoms with Crippen molar-refractivity contribution in [1.82, 2.24) is 10.3 Å². The van der Waals surface area contributed by atoms with Gasteiger partial charge in [0.05, 0.1) is 12.6 Å². The number of nitrogens with one attached hydrogen (secondary N) is 1. The SMILES string of the molecule is Nc1ccc(/C=C/C(=O)NCc2cc3cc(-c4cccc(-c5ccc(OC6CCC(F)(F)CC6)cc5)c4F)ccc3o2)cn1. The molecule has 1 saturated carbocycles. The van der Waals surface area contributed by atoms with E-state index in [0.29, 0.717) is 58.0 Å². The van der Waals surface area contributed by atoms with Crippen LogP contribution in [0.3, 0.4) is 0 Å². The van der Waals surface area contributed by atoms with Crippen molar-refractivity contribution >= 4 is 28.8 Å². The van der Waals surface area contributed by atoms with Crippen LogP contribution >= 0.6 is 0 Å². The Bertz CT molecular complexity index is 1810. The maximum absolute atomic E-state index is 15.8. The maximum Gasteiger partial charge on any atom is 0.248 e. The summed E-state index contributed by atoms with van der Waals surface area (Å²) >= 11 is 0. The molecule has 2 heterocycles. The number of halogens is 3. The molecule has 224 valence electrons. The minimum atomic E-state index is -2.61. The van der Waals surface area contributed by atoms with Gasteiger partial charge in [-0.15, -0.1) is 0 Å². The topological polar surface area (TPSA) is 90.4 Å². The van der Waals surface area contributed by atoms with Gasteiger partial charge in [-0.2, -0.15) is 0 Å². The van der Waals surface area contributed by atoms with Gasteiger partial charge < -0.3 is 20.2 Å². The molecule has 1 amide bonds. The smallest absolute Gasteiger partial charge is 0.248 e. The Hall–Kier alpha value is -5.05. The second kappa shape index (κ2) is 12.3. The lowest BCUT2D eigenvalue weighted by Crippen LogP contribution is -2.30. The van der Waals surface area contributed by atoms with Gasteiger partial charge in [-0.3, -0.25) is 4.79 Å². The number of nitrogen functional groups attached to an aromatic ring is 1. The van der Waals surface area contributed by atoms with Crippen LogP contribution in [0.4, 0.5) is 19.0 Å². The monoisotopic (exact) mass is 597 g/mol. The predicted molar refractivity (Wildman–Crippen MR) is 164 cm³/mol. The van der Waals surface area contributed by atoms with Crippen LogP contribution in [0.2, 0.25) is 0 Å². The number of furan rings is 1. The van der Waals surface area contributed by atoms with Crippen molar-refractivity contribution in [2.45, 2.75) is 44.3 Å². The summed E-state index contributed by atoms with van der Waals surface area (Å²) in [4.78, 5) is 16.3. The van der Waals surface area contributed by atoms with Crippen LogP contribution in [0.15, 0.2) is 95.6 Å². The lowest BCUT2D eigenvalue weighted by Gasteiger charge is -2.28. The fourth-order valence-corrected chi connectivity index (χ4v) is 5.29. The highest BCUT2D eigenvalue weighted by Gasteiger charge is 2.35. The number of nitrogens with zero attached hydrogens (tertiary/aromatic N) is 1. The number of carbonyl (C=O) groups is 1. The summed E-state index contributed by atoms with van der Waals surface area (Å²) in [6.45, 7) is 0.184. The molecule has 0 unspecified atom stereocenters. The molecule has 1 fully saturated rings. The van der Waals surface area contributed by atoms with Crippen LogP contribution in [0.1, 0.15) is 37.0 Å². The zero-order valence-corrected chi connectivity index (χ0v) is 23.7. The number of ether oxygens (including phenoxy) is 1. The first-order valence-corrected chi connectivity index (χ1v) is 14.4. The Kier molecular flexibility index (Phi) is 8.11. The number of aromatic nitrogens is 1. The van der Waals surface area contributed by atoms with E-state index in [1.807, 2.05) is 12.1 Å². The van der Waals surface area contributed by atoms with Crippen molar-refractivity contribution in [3.63, 3.8) is 0 Å². The summed E-state index contributed by atoms with van der Waals surface area (Å²) < 4.78 is 54.5. The van der Waals surface area contributed by atoms with Gasteiger partial charge in [0.1, 0.15) is 28.7 Å². The Morgan fingerprint density at radius 1 is 1.00 bits per heavy atom. The van der Waals surface area contributed by atoms with E-state index in [4.69, 9.17) is 14.9 Å². The lowest BCUT2D eigenvalue weighted by atomic mass is 9.94. The maximum atomic E-state index is 15.8. The first kappa shape index (κ1) is 29.0. The number of anilines is 1. The average molecular weight is 598 g/mol. The average Bonchev–Trinajstić information content (AvgIpc) is 3.44. The number of pyridine rings is 1. The third-order valence-corrected chi connectivity index (χ3v) is 7.68. The first-order chi connectivity index (χ1) is 21.2. The minimum absolute atomic E-state index is 0.169. The standard InChI is InChI=1S/C35H30F3N3O3/c36-34-29(23-6-9-26(10-7-23)43-27-14-16-35(37,38)17-15-27)2-1-3-30(34)24-8-11-31-25(18-24)19-28(44-31)21-41-33(42)13-5-22-4-12-32(39)40-20-22/h1-13,18-20,27H,14-17,21H2,(H2,39,40)(H,41,42)/b13-5+. The number of amides is 1. The highest BCUT2D eigenvalue weighted by atomic mass is 19.3. The second-order valence-corrected chi connectivity index (χ2v) is 10.9. The molecular formula is C35H30F3N3O3. The van der Waals surface area contributed by atoms with Crippen LogP contribution in [0.5, 0.6) is 5.75 Å². The van der Waals surface area contributed by atoms with E-state index in [1.54, 1.807) is 79.0 Å². The van der Waals surface area contributed by atoms with Crippen molar-refractivity contribution in [2.24, 2.45) is 0 Å². The van der Waals surface area contributed by atoms with Crippen molar-refractivity contribution in [1.29, 1.82) is 0 Å². The van der Waals surface area contributed by atoms with Gasteiger partial charge in [-0.1, -0.05) is 36.4 Å². The van der Waals surface area contributed by atoms with Crippen LogP contribution in [-0.2, 0) is 11.3 Å². The van der Waals surface area contributed by atoms with Gasteiger partial charge in [0.15, 0.2) is 0 Å². The van der Waals surface area contributed by atoms with Gasteiger partial charge in [0.25, 0.3) is 0 Å². The molecule has 0 saturated heterocycles. The van der Waals surface area contributed by atoms with Crippen molar-refractivity contribution in [2.75, 3.05) is 5.73 Å². The number of hydrogen-bond acceptors (Lipinski definition) is 5. The van der Waals surface area contributed by atoms with E-state index in [0.717, 1.165) is 10.9 Å². The normalized spacial score (nSPS) is 15.1. The first-order valence-electron chi connectivity index (χ1n) is 14.4. The highest BCUT2D eigenvalue weighted by Crippen LogP contribution is 2.36. The van der Waals surface area contributed by atoms with E-state index in [1.165, 1.54) is 6.08 Å². The molecular weight excluding hydrogens is 567 g/mol. The van der Waals surface area contributed by atoms with Gasteiger partial charge in [0, 0.05) is 41.6 Å². The van der Waals surface area contributed by atoms with Crippen molar-refractivity contribution in [3.8, 4) is 28.0 Å². The van der Waals surface area contributed by atoms with Crippen LogP contribution in [-0.4, -0.2) is 22.9 Å². The zero-order chi connectivity index (χ0) is 30.7. The number of nitrogens with two attached hydrogens (primary N) is 1. The fourth-order valence-electron chi connectivity index (χ4n) is 5.29. The number of carbonyl (C=O) groups excluding carboxylic acids is 1. The minimum Gasteiger partial charge on any atom is -0.490 e. The van der Waals surface area contributed by atoms with Crippen LogP contribution < -0.4 is 15.8 Å². The van der Waals surface area contributed by atoms with Gasteiger partial charge in [-0.25, -0.2) is 18.2 Å². The van der Waals surface area contributed by atoms with Crippen LogP contribution in [0, 0.1) is 5.82 Å². The summed E-state index contributed by atoms with van der Waals surface area (Å²) in [6, 6.07) is 23.0. The molecule has 6 nitrogen and oxygen atoms in total. The molecule has 1 aliphatic rings. The molecule has 1 aliphatic carbocycles. The Morgan fingerprint density at radius 3 is 2.45 bits per heavy atom. The quantitative estimate of drug-likeness (QED) is 0.176. The summed E-state index contributed by atoms with van der Waals surface area (Å²) in [5.41, 5.74) is 9.18. The summed E-state index contributed by atoms with van der Waals surface area (Å²) in [7, 11) is 0. The Balaban J connectivity index is 1.12. The molecule has 0 atom stereocenters. The predicted octanol–water partition coefficient (Wildman–Crippen LogP) is 8.17. The third-order valence-electron chi connectivity index (χ3n) is 7.68. The number of rotatable bonds is 8. The summed E-state index contributed by atoms with van der Waals surface area (Å²) in [5, 5.41) is 3.57. The third kappa shape index (κ3) is 6.78. The lowest BCUT2D eigenvalue weighted by molar-refractivity contribution is -0.116. The van der Waals surface area contributed by atoms with E-state index in [9.17, 15) is 13.6 Å². The molecule has 0 radical (unpaired) electrons. The van der Waals surface area contributed by atoms with E-state index >= 15 is 4.39 Å². The molecule has 0 spiro atoms. The van der Waals surface area contributed by atoms with Crippen LogP contribution in [0.25, 0.3) is 39.3 Å². The van der Waals surface area contributed by atoms with Crippen molar-refractivity contribution < 1.29 is 27.1 Å². The molecule has 0 aliphatic heterocycles. The highest BCUT2D eigenvalue weighted by molar-refractivity contribution is 5.91. The molecule has 6 rings (SSSR count). The second-order valence-electron chi connectivity index (χ2n) is 10.9. The Labute approximate surface area is 252 Å². The summed E-state index contributed by atoms with van der Waals surface area (Å²) in [6.07, 6.45) is 4.66. The van der Waals surface area contributed by atoms with Gasteiger partial charge >= 0.3 is 0 Å². The van der Waals surface area contributed by atoms with Gasteiger partial charge in [0.2, 0.25) is 11.8 Å². The Morgan fingerprint density at radius 2 is 1.73 bits per heavy atom. The zero-order valence-electron chi connectivity index (χ0n) is 23.7.